The quantitative estimate of drug-likeness (QED) is 0.626. The number of hydrogen-bond donors (Lipinski definition) is 1. The number of alkyl halides is 6. The number of anilines is 1. The van der Waals surface area contributed by atoms with Gasteiger partial charge in [0.25, 0.3) is 0 Å². The summed E-state index contributed by atoms with van der Waals surface area (Å²) in [6.45, 7) is -1.12. The average Bonchev–Trinajstić information content (AvgIpc) is 3.01. The second kappa shape index (κ2) is 9.18. The van der Waals surface area contributed by atoms with Crippen LogP contribution in [0.2, 0.25) is 0 Å². The van der Waals surface area contributed by atoms with Gasteiger partial charge in [-0.1, -0.05) is 36.4 Å². The van der Waals surface area contributed by atoms with Gasteiger partial charge in [-0.3, -0.25) is 14.5 Å². The van der Waals surface area contributed by atoms with E-state index >= 15 is 0 Å². The minimum Gasteiger partial charge on any atom is -0.345 e. The third-order valence-corrected chi connectivity index (χ3v) is 6.52. The number of nitrogens with one attached hydrogen (secondary N) is 1. The molecule has 0 unspecified atom stereocenters. The van der Waals surface area contributed by atoms with E-state index < -0.39 is 48.2 Å². The molecule has 35 heavy (non-hydrogen) atoms. The minimum atomic E-state index is -4.74. The van der Waals surface area contributed by atoms with Crippen LogP contribution in [0.4, 0.5) is 32.0 Å². The third kappa shape index (κ3) is 5.14. The lowest BCUT2D eigenvalue weighted by Crippen LogP contribution is -2.50. The number of piperidine rings is 1. The molecular weight excluding hydrogens is 476 g/mol. The maximum Gasteiger partial charge on any atom is 0.416 e. The van der Waals surface area contributed by atoms with Gasteiger partial charge in [0, 0.05) is 17.8 Å². The topological polar surface area (TPSA) is 52.7 Å². The van der Waals surface area contributed by atoms with E-state index in [0.717, 1.165) is 22.6 Å². The lowest BCUT2D eigenvalue weighted by Gasteiger charge is -2.39. The predicted molar refractivity (Wildman–Crippen MR) is 115 cm³/mol. The third-order valence-electron chi connectivity index (χ3n) is 6.52. The molecular formula is C24H23F6N3O2. The van der Waals surface area contributed by atoms with Crippen molar-refractivity contribution in [3.05, 3.63) is 65.2 Å². The first-order valence-corrected chi connectivity index (χ1v) is 11.0. The highest BCUT2D eigenvalue weighted by atomic mass is 19.4. The number of nitrogens with zero attached hydrogens (tertiary/aromatic N) is 2. The van der Waals surface area contributed by atoms with Crippen LogP contribution in [0.3, 0.4) is 0 Å². The van der Waals surface area contributed by atoms with Crippen molar-refractivity contribution >= 4 is 17.5 Å². The van der Waals surface area contributed by atoms with Crippen molar-refractivity contribution in [1.82, 2.24) is 10.2 Å². The molecule has 0 aliphatic carbocycles. The monoisotopic (exact) mass is 499 g/mol. The van der Waals surface area contributed by atoms with Crippen LogP contribution in [0.5, 0.6) is 0 Å². The number of benzene rings is 2. The summed E-state index contributed by atoms with van der Waals surface area (Å²) < 4.78 is 79.4. The van der Waals surface area contributed by atoms with Crippen LogP contribution in [0.1, 0.15) is 29.5 Å². The van der Waals surface area contributed by atoms with E-state index in [-0.39, 0.29) is 24.1 Å². The van der Waals surface area contributed by atoms with Crippen molar-refractivity contribution in [2.24, 2.45) is 0 Å². The van der Waals surface area contributed by atoms with Crippen LogP contribution in [0.15, 0.2) is 48.5 Å². The van der Waals surface area contributed by atoms with Crippen LogP contribution in [-0.2, 0) is 27.7 Å². The Morgan fingerprint density at radius 3 is 2.20 bits per heavy atom. The fourth-order valence-corrected chi connectivity index (χ4v) is 4.93. The zero-order valence-electron chi connectivity index (χ0n) is 18.5. The van der Waals surface area contributed by atoms with E-state index in [0.29, 0.717) is 19.6 Å². The summed E-state index contributed by atoms with van der Waals surface area (Å²) in [6, 6.07) is 12.9. The average molecular weight is 499 g/mol. The first-order valence-electron chi connectivity index (χ1n) is 11.0. The summed E-state index contributed by atoms with van der Waals surface area (Å²) in [5.74, 6) is -1.79. The minimum absolute atomic E-state index is 0.0801. The predicted octanol–water partition coefficient (Wildman–Crippen LogP) is 4.26. The van der Waals surface area contributed by atoms with Crippen molar-refractivity contribution in [2.45, 2.75) is 37.2 Å². The number of hydrogen-bond acceptors (Lipinski definition) is 3. The number of carbonyl (C=O) groups excluding carboxylic acids is 2. The van der Waals surface area contributed by atoms with Crippen LogP contribution in [-0.4, -0.2) is 49.1 Å². The number of likely N-dealkylation sites (tertiary alicyclic amines) is 1. The van der Waals surface area contributed by atoms with Crippen molar-refractivity contribution < 1.29 is 35.9 Å². The molecule has 2 amide bonds. The molecule has 5 nitrogen and oxygen atoms in total. The number of fused-ring (bicyclic) bond motifs is 2. The molecule has 1 spiro atoms. The highest BCUT2D eigenvalue weighted by Crippen LogP contribution is 2.52. The van der Waals surface area contributed by atoms with Gasteiger partial charge in [0.2, 0.25) is 11.8 Å². The molecule has 2 heterocycles. The summed E-state index contributed by atoms with van der Waals surface area (Å²) in [7, 11) is 0. The summed E-state index contributed by atoms with van der Waals surface area (Å²) >= 11 is 0. The molecule has 2 aromatic carbocycles. The largest absolute Gasteiger partial charge is 0.416 e. The van der Waals surface area contributed by atoms with Crippen LogP contribution >= 0.6 is 0 Å². The van der Waals surface area contributed by atoms with E-state index in [2.05, 4.69) is 0 Å². The molecule has 2 aliphatic heterocycles. The summed E-state index contributed by atoms with van der Waals surface area (Å²) in [5.41, 5.74) is -1.71. The maximum atomic E-state index is 14.0. The molecule has 0 radical (unpaired) electrons. The van der Waals surface area contributed by atoms with Gasteiger partial charge < -0.3 is 10.2 Å². The summed E-state index contributed by atoms with van der Waals surface area (Å²) in [4.78, 5) is 28.7. The van der Waals surface area contributed by atoms with E-state index in [1.807, 2.05) is 35.2 Å². The first kappa shape index (κ1) is 25.0. The molecule has 2 aliphatic rings. The van der Waals surface area contributed by atoms with Crippen LogP contribution in [0, 0.1) is 0 Å². The first-order chi connectivity index (χ1) is 16.4. The second-order valence-corrected chi connectivity index (χ2v) is 8.82. The zero-order valence-corrected chi connectivity index (χ0v) is 18.5. The SMILES string of the molecule is O=C(CN1C(=O)C2(CCN(Cc3ccccc3)CC2)c2c1cccc2C(F)(F)F)NCC(F)(F)F. The van der Waals surface area contributed by atoms with Crippen molar-refractivity contribution in [1.29, 1.82) is 0 Å². The molecule has 11 heteroatoms. The van der Waals surface area contributed by atoms with Gasteiger partial charge in [-0.15, -0.1) is 0 Å². The molecule has 4 rings (SSSR count). The van der Waals surface area contributed by atoms with E-state index in [1.165, 1.54) is 6.07 Å². The molecule has 0 bridgehead atoms. The Hall–Kier alpha value is -3.08. The fourth-order valence-electron chi connectivity index (χ4n) is 4.93. The Balaban J connectivity index is 1.62. The molecule has 1 fully saturated rings. The summed E-state index contributed by atoms with van der Waals surface area (Å²) in [6.07, 6.45) is -9.20. The van der Waals surface area contributed by atoms with E-state index in [4.69, 9.17) is 0 Å². The van der Waals surface area contributed by atoms with E-state index in [9.17, 15) is 35.9 Å². The highest BCUT2D eigenvalue weighted by Gasteiger charge is 2.56. The molecule has 2 aromatic rings. The Labute approximate surface area is 197 Å². The van der Waals surface area contributed by atoms with Crippen molar-refractivity contribution in [2.75, 3.05) is 31.1 Å². The normalized spacial score (nSPS) is 18.1. The maximum absolute atomic E-state index is 14.0. The Bertz CT molecular complexity index is 1090. The fraction of sp³-hybridized carbons (Fsp3) is 0.417. The molecule has 0 aromatic heterocycles. The van der Waals surface area contributed by atoms with E-state index in [1.54, 1.807) is 5.32 Å². The van der Waals surface area contributed by atoms with Gasteiger partial charge in [0.05, 0.1) is 11.0 Å². The number of halogens is 6. The zero-order chi connectivity index (χ0) is 25.4. The lowest BCUT2D eigenvalue weighted by molar-refractivity contribution is -0.139. The van der Waals surface area contributed by atoms with Gasteiger partial charge in [0.15, 0.2) is 0 Å². The Kier molecular flexibility index (Phi) is 6.56. The molecule has 1 N–H and O–H groups in total. The van der Waals surface area contributed by atoms with Gasteiger partial charge in [-0.2, -0.15) is 26.3 Å². The molecule has 1 saturated heterocycles. The number of rotatable bonds is 5. The van der Waals surface area contributed by atoms with Crippen LogP contribution < -0.4 is 10.2 Å². The Morgan fingerprint density at radius 1 is 0.943 bits per heavy atom. The summed E-state index contributed by atoms with van der Waals surface area (Å²) in [5, 5.41) is 1.68. The van der Waals surface area contributed by atoms with Gasteiger partial charge >= 0.3 is 12.4 Å². The highest BCUT2D eigenvalue weighted by molar-refractivity contribution is 6.11. The lowest BCUT2D eigenvalue weighted by atomic mass is 9.72. The van der Waals surface area contributed by atoms with Gasteiger partial charge in [-0.25, -0.2) is 0 Å². The second-order valence-electron chi connectivity index (χ2n) is 8.82. The molecule has 188 valence electrons. The number of amides is 2. The van der Waals surface area contributed by atoms with Gasteiger partial charge in [0.1, 0.15) is 13.1 Å². The van der Waals surface area contributed by atoms with Gasteiger partial charge in [-0.05, 0) is 43.6 Å². The smallest absolute Gasteiger partial charge is 0.345 e. The Morgan fingerprint density at radius 2 is 1.60 bits per heavy atom. The number of carbonyl (C=O) groups is 2. The van der Waals surface area contributed by atoms with Crippen LogP contribution in [0.25, 0.3) is 0 Å². The van der Waals surface area contributed by atoms with Crippen molar-refractivity contribution in [3.8, 4) is 0 Å². The molecule has 0 saturated carbocycles. The van der Waals surface area contributed by atoms with Crippen molar-refractivity contribution in [3.63, 3.8) is 0 Å². The molecule has 0 atom stereocenters. The standard InChI is InChI=1S/C24H23F6N3O2/c25-23(26,27)15-31-19(34)14-33-18-8-4-7-17(24(28,29)30)20(18)22(21(33)35)9-11-32(12-10-22)13-16-5-2-1-3-6-16/h1-8H,9-15H2,(H,31,34).